The van der Waals surface area contributed by atoms with Crippen LogP contribution in [0, 0.1) is 13.8 Å². The molecule has 7 nitrogen and oxygen atoms in total. The Morgan fingerprint density at radius 1 is 1.03 bits per heavy atom. The van der Waals surface area contributed by atoms with Crippen molar-refractivity contribution in [3.63, 3.8) is 0 Å². The maximum Gasteiger partial charge on any atom is 0.274 e. The van der Waals surface area contributed by atoms with Crippen LogP contribution in [-0.2, 0) is 17.8 Å². The summed E-state index contributed by atoms with van der Waals surface area (Å²) < 4.78 is 1.30. The summed E-state index contributed by atoms with van der Waals surface area (Å²) in [6.45, 7) is 3.96. The molecule has 0 fully saturated rings. The van der Waals surface area contributed by atoms with Crippen molar-refractivity contribution in [1.29, 1.82) is 0 Å². The minimum absolute atomic E-state index is 0.0126. The third kappa shape index (κ3) is 4.30. The number of carbonyl (C=O) groups is 1. The van der Waals surface area contributed by atoms with Crippen molar-refractivity contribution in [1.82, 2.24) is 19.6 Å². The first kappa shape index (κ1) is 19.6. The van der Waals surface area contributed by atoms with Crippen LogP contribution in [0.15, 0.2) is 65.5 Å². The maximum absolute atomic E-state index is 13.2. The quantitative estimate of drug-likeness (QED) is 0.538. The molecule has 0 unspecified atom stereocenters. The van der Waals surface area contributed by atoms with Crippen molar-refractivity contribution >= 4 is 17.4 Å². The average Bonchev–Trinajstić information content (AvgIpc) is 3.14. The van der Waals surface area contributed by atoms with Gasteiger partial charge in [-0.05, 0) is 43.5 Å². The summed E-state index contributed by atoms with van der Waals surface area (Å²) in [5.41, 5.74) is 3.35. The fourth-order valence-electron chi connectivity index (χ4n) is 3.41. The average molecular weight is 401 g/mol. The lowest BCUT2D eigenvalue weighted by Gasteiger charge is -2.22. The van der Waals surface area contributed by atoms with Crippen LogP contribution in [0.3, 0.4) is 0 Å². The number of nitrogens with one attached hydrogen (secondary N) is 1. The van der Waals surface area contributed by atoms with Crippen LogP contribution in [0.5, 0.6) is 0 Å². The van der Waals surface area contributed by atoms with Crippen molar-refractivity contribution in [3.05, 3.63) is 93.7 Å². The Labute approximate surface area is 174 Å². The molecule has 0 aliphatic heterocycles. The molecule has 0 bridgehead atoms. The van der Waals surface area contributed by atoms with E-state index in [0.29, 0.717) is 30.1 Å². The minimum atomic E-state index is -0.228. The van der Waals surface area contributed by atoms with E-state index in [0.717, 1.165) is 16.8 Å². The number of aromatic amines is 1. The molecule has 30 heavy (non-hydrogen) atoms. The van der Waals surface area contributed by atoms with Gasteiger partial charge in [0.15, 0.2) is 0 Å². The summed E-state index contributed by atoms with van der Waals surface area (Å²) in [4.78, 5) is 35.8. The third-order valence-electron chi connectivity index (χ3n) is 4.90. The Morgan fingerprint density at radius 3 is 2.60 bits per heavy atom. The number of hydrogen-bond donors (Lipinski definition) is 1. The van der Waals surface area contributed by atoms with E-state index >= 15 is 0 Å². The monoisotopic (exact) mass is 401 g/mol. The fourth-order valence-corrected chi connectivity index (χ4v) is 3.41. The van der Waals surface area contributed by atoms with Crippen LogP contribution in [-0.4, -0.2) is 25.5 Å². The highest BCUT2D eigenvalue weighted by molar-refractivity contribution is 5.93. The molecule has 7 heteroatoms. The van der Waals surface area contributed by atoms with Gasteiger partial charge in [-0.3, -0.25) is 14.7 Å². The number of nitrogens with zero attached hydrogens (tertiary/aromatic N) is 4. The molecule has 0 saturated carbocycles. The number of carbonyl (C=O) groups excluding carboxylic acids is 1. The van der Waals surface area contributed by atoms with E-state index in [-0.39, 0.29) is 18.0 Å². The van der Waals surface area contributed by atoms with Gasteiger partial charge in [-0.25, -0.2) is 4.98 Å². The van der Waals surface area contributed by atoms with Crippen LogP contribution in [0.1, 0.15) is 29.1 Å². The van der Waals surface area contributed by atoms with E-state index in [1.54, 1.807) is 11.8 Å². The summed E-state index contributed by atoms with van der Waals surface area (Å²) in [5, 5.41) is 2.97. The molecule has 4 rings (SSSR count). The zero-order valence-corrected chi connectivity index (χ0v) is 17.0. The maximum atomic E-state index is 13.2. The van der Waals surface area contributed by atoms with E-state index in [4.69, 9.17) is 0 Å². The SMILES string of the molecule is Cc1cccc(N(Cc2nc3nc(C)cc(=O)n3[nH]2)C(=O)CCc2ccccc2)c1. The molecule has 0 saturated heterocycles. The van der Waals surface area contributed by atoms with Gasteiger partial charge < -0.3 is 4.90 Å². The Morgan fingerprint density at radius 2 is 1.83 bits per heavy atom. The predicted octanol–water partition coefficient (Wildman–Crippen LogP) is 3.20. The second-order valence-corrected chi connectivity index (χ2v) is 7.35. The molecule has 2 heterocycles. The van der Waals surface area contributed by atoms with Gasteiger partial charge in [0.05, 0.1) is 6.54 Å². The van der Waals surface area contributed by atoms with Gasteiger partial charge in [0.2, 0.25) is 5.91 Å². The highest BCUT2D eigenvalue weighted by Crippen LogP contribution is 2.20. The van der Waals surface area contributed by atoms with Gasteiger partial charge in [-0.1, -0.05) is 42.5 Å². The Balaban J connectivity index is 1.63. The summed E-state index contributed by atoms with van der Waals surface area (Å²) in [6.07, 6.45) is 1.03. The Hall–Kier alpha value is -3.74. The first-order valence-corrected chi connectivity index (χ1v) is 9.86. The number of benzene rings is 2. The van der Waals surface area contributed by atoms with E-state index in [9.17, 15) is 9.59 Å². The lowest BCUT2D eigenvalue weighted by Crippen LogP contribution is -2.31. The number of H-pyrrole nitrogens is 1. The Bertz CT molecular complexity index is 1240. The van der Waals surface area contributed by atoms with Crippen LogP contribution < -0.4 is 10.5 Å². The predicted molar refractivity (Wildman–Crippen MR) is 115 cm³/mol. The molecule has 4 aromatic rings. The van der Waals surface area contributed by atoms with Crippen LogP contribution in [0.25, 0.3) is 5.78 Å². The van der Waals surface area contributed by atoms with E-state index in [1.165, 1.54) is 10.6 Å². The smallest absolute Gasteiger partial charge is 0.274 e. The molecule has 1 N–H and O–H groups in total. The van der Waals surface area contributed by atoms with Crippen molar-refractivity contribution in [2.45, 2.75) is 33.2 Å². The number of fused-ring (bicyclic) bond motifs is 1. The van der Waals surface area contributed by atoms with Crippen molar-refractivity contribution in [2.24, 2.45) is 0 Å². The molecular weight excluding hydrogens is 378 g/mol. The van der Waals surface area contributed by atoms with Gasteiger partial charge in [0.1, 0.15) is 5.82 Å². The van der Waals surface area contributed by atoms with Gasteiger partial charge in [-0.15, -0.1) is 0 Å². The van der Waals surface area contributed by atoms with Gasteiger partial charge in [0, 0.05) is 23.9 Å². The molecule has 0 aliphatic rings. The fraction of sp³-hybridized carbons (Fsp3) is 0.217. The molecule has 152 valence electrons. The van der Waals surface area contributed by atoms with E-state index in [2.05, 4.69) is 15.1 Å². The molecule has 2 aromatic carbocycles. The zero-order valence-electron chi connectivity index (χ0n) is 17.0. The molecule has 0 radical (unpaired) electrons. The third-order valence-corrected chi connectivity index (χ3v) is 4.90. The van der Waals surface area contributed by atoms with Crippen molar-refractivity contribution < 1.29 is 4.79 Å². The molecule has 1 amide bonds. The normalized spacial score (nSPS) is 11.0. The van der Waals surface area contributed by atoms with Crippen LogP contribution in [0.2, 0.25) is 0 Å². The van der Waals surface area contributed by atoms with E-state index in [1.807, 2.05) is 61.5 Å². The number of aryl methyl sites for hydroxylation is 3. The summed E-state index contributed by atoms with van der Waals surface area (Å²) in [5.74, 6) is 0.789. The number of aromatic nitrogens is 4. The lowest BCUT2D eigenvalue weighted by atomic mass is 10.1. The van der Waals surface area contributed by atoms with Crippen molar-refractivity contribution in [3.8, 4) is 0 Å². The van der Waals surface area contributed by atoms with Crippen LogP contribution in [0.4, 0.5) is 5.69 Å². The molecular formula is C23H23N5O2. The minimum Gasteiger partial charge on any atom is -0.305 e. The van der Waals surface area contributed by atoms with Gasteiger partial charge in [-0.2, -0.15) is 9.50 Å². The molecule has 0 spiro atoms. The van der Waals surface area contributed by atoms with E-state index < -0.39 is 0 Å². The molecule has 0 atom stereocenters. The topological polar surface area (TPSA) is 83.4 Å². The summed E-state index contributed by atoms with van der Waals surface area (Å²) >= 11 is 0. The Kier molecular flexibility index (Phi) is 5.43. The lowest BCUT2D eigenvalue weighted by molar-refractivity contribution is -0.118. The highest BCUT2D eigenvalue weighted by Gasteiger charge is 2.19. The molecule has 2 aromatic heterocycles. The number of anilines is 1. The van der Waals surface area contributed by atoms with Gasteiger partial charge in [0.25, 0.3) is 11.3 Å². The first-order chi connectivity index (χ1) is 14.5. The summed E-state index contributed by atoms with van der Waals surface area (Å²) in [6, 6.07) is 19.2. The molecule has 0 aliphatic carbocycles. The number of amides is 1. The number of hydrogen-bond acceptors (Lipinski definition) is 4. The van der Waals surface area contributed by atoms with Crippen LogP contribution >= 0.6 is 0 Å². The summed E-state index contributed by atoms with van der Waals surface area (Å²) in [7, 11) is 0. The number of rotatable bonds is 6. The second kappa shape index (κ2) is 8.32. The van der Waals surface area contributed by atoms with Gasteiger partial charge >= 0.3 is 0 Å². The first-order valence-electron chi connectivity index (χ1n) is 9.86. The highest BCUT2D eigenvalue weighted by atomic mass is 16.2. The second-order valence-electron chi connectivity index (χ2n) is 7.35. The largest absolute Gasteiger partial charge is 0.305 e. The zero-order chi connectivity index (χ0) is 21.1. The standard InChI is InChI=1S/C23H23N5O2/c1-16-7-6-10-19(13-16)27(21(29)12-11-18-8-4-3-5-9-18)15-20-25-23-24-17(2)14-22(30)28(23)26-20/h3-10,13-14H,11-12,15H2,1-2H3,(H,24,25,26). The van der Waals surface area contributed by atoms with Crippen molar-refractivity contribution in [2.75, 3.05) is 4.90 Å².